The van der Waals surface area contributed by atoms with Gasteiger partial charge in [-0.3, -0.25) is 4.79 Å². The quantitative estimate of drug-likeness (QED) is 0.867. The molecule has 0 spiro atoms. The molecule has 2 rings (SSSR count). The molecular weight excluding hydrogens is 264 g/mol. The summed E-state index contributed by atoms with van der Waals surface area (Å²) >= 11 is 0. The molecule has 0 aromatic carbocycles. The highest BCUT2D eigenvalue weighted by Gasteiger charge is 2.31. The van der Waals surface area contributed by atoms with Crippen molar-refractivity contribution in [3.63, 3.8) is 0 Å². The summed E-state index contributed by atoms with van der Waals surface area (Å²) in [5.74, 6) is 0.916. The van der Waals surface area contributed by atoms with Gasteiger partial charge >= 0.3 is 0 Å². The molecule has 0 saturated carbocycles. The number of carbonyl (C=O) groups excluding carboxylic acids is 1. The molecule has 2 aliphatic heterocycles. The molecule has 0 radical (unpaired) electrons. The number of likely N-dealkylation sites (tertiary alicyclic amines) is 1. The van der Waals surface area contributed by atoms with Gasteiger partial charge in [0.15, 0.2) is 0 Å². The Kier molecular flexibility index (Phi) is 6.06. The van der Waals surface area contributed by atoms with Crippen molar-refractivity contribution in [3.05, 3.63) is 0 Å². The van der Waals surface area contributed by atoms with Crippen molar-refractivity contribution in [3.8, 4) is 0 Å². The van der Waals surface area contributed by atoms with Crippen LogP contribution >= 0.6 is 0 Å². The molecule has 4 nitrogen and oxygen atoms in total. The third-order valence-electron chi connectivity index (χ3n) is 4.56. The number of carbonyl (C=O) groups is 1. The topological polar surface area (TPSA) is 41.6 Å². The Hall–Kier alpha value is -0.610. The average molecular weight is 296 g/mol. The van der Waals surface area contributed by atoms with Crippen LogP contribution in [-0.4, -0.2) is 48.7 Å². The molecule has 122 valence electrons. The summed E-state index contributed by atoms with van der Waals surface area (Å²) in [6, 6.07) is 0.292. The average Bonchev–Trinajstić information content (AvgIpc) is 2.74. The molecule has 1 N–H and O–H groups in total. The zero-order chi connectivity index (χ0) is 15.3. The number of ether oxygens (including phenoxy) is 1. The maximum absolute atomic E-state index is 12.6. The Balaban J connectivity index is 1.82. The maximum atomic E-state index is 12.6. The standard InChI is InChI=1S/C17H32N2O2/c1-17(2,3)21-13-15-7-5-11-19(15)16(20)12-14-6-4-9-18-10-8-14/h14-15,18H,4-13H2,1-3H3/t14?,15-/m0/s1. The molecule has 21 heavy (non-hydrogen) atoms. The first-order chi connectivity index (χ1) is 9.96. The van der Waals surface area contributed by atoms with Gasteiger partial charge in [0.25, 0.3) is 0 Å². The van der Waals surface area contributed by atoms with E-state index in [1.165, 1.54) is 12.8 Å². The second-order valence-corrected chi connectivity index (χ2v) is 7.56. The monoisotopic (exact) mass is 296 g/mol. The van der Waals surface area contributed by atoms with Crippen LogP contribution in [-0.2, 0) is 9.53 Å². The van der Waals surface area contributed by atoms with Gasteiger partial charge in [-0.25, -0.2) is 0 Å². The molecular formula is C17H32N2O2. The van der Waals surface area contributed by atoms with Crippen molar-refractivity contribution in [2.45, 2.75) is 70.9 Å². The molecule has 0 bridgehead atoms. The fourth-order valence-electron chi connectivity index (χ4n) is 3.34. The predicted molar refractivity (Wildman–Crippen MR) is 85.3 cm³/mol. The molecule has 2 heterocycles. The summed E-state index contributed by atoms with van der Waals surface area (Å²) in [6.07, 6.45) is 6.48. The maximum Gasteiger partial charge on any atom is 0.223 e. The number of hydrogen-bond acceptors (Lipinski definition) is 3. The molecule has 2 fully saturated rings. The van der Waals surface area contributed by atoms with Gasteiger partial charge in [0.1, 0.15) is 0 Å². The smallest absolute Gasteiger partial charge is 0.223 e. The molecule has 2 aliphatic rings. The Morgan fingerprint density at radius 2 is 2.00 bits per heavy atom. The zero-order valence-corrected chi connectivity index (χ0v) is 14.0. The summed E-state index contributed by atoms with van der Waals surface area (Å²) < 4.78 is 5.90. The number of amides is 1. The highest BCUT2D eigenvalue weighted by atomic mass is 16.5. The Morgan fingerprint density at radius 1 is 1.19 bits per heavy atom. The van der Waals surface area contributed by atoms with E-state index in [2.05, 4.69) is 31.0 Å². The van der Waals surface area contributed by atoms with E-state index in [4.69, 9.17) is 4.74 Å². The lowest BCUT2D eigenvalue weighted by atomic mass is 9.96. The van der Waals surface area contributed by atoms with Gasteiger partial charge in [0, 0.05) is 13.0 Å². The van der Waals surface area contributed by atoms with E-state index >= 15 is 0 Å². The van der Waals surface area contributed by atoms with Gasteiger partial charge in [0.05, 0.1) is 18.2 Å². The second kappa shape index (κ2) is 7.59. The lowest BCUT2D eigenvalue weighted by molar-refractivity contribution is -0.135. The van der Waals surface area contributed by atoms with Crippen molar-refractivity contribution < 1.29 is 9.53 Å². The molecule has 1 amide bonds. The normalized spacial score (nSPS) is 27.7. The van der Waals surface area contributed by atoms with E-state index in [1.54, 1.807) is 0 Å². The minimum absolute atomic E-state index is 0.121. The number of hydrogen-bond donors (Lipinski definition) is 1. The summed E-state index contributed by atoms with van der Waals surface area (Å²) in [5.41, 5.74) is -0.121. The minimum atomic E-state index is -0.121. The summed E-state index contributed by atoms with van der Waals surface area (Å²) in [6.45, 7) is 10.0. The van der Waals surface area contributed by atoms with Crippen molar-refractivity contribution in [1.29, 1.82) is 0 Å². The van der Waals surface area contributed by atoms with E-state index in [0.29, 0.717) is 24.5 Å². The lowest BCUT2D eigenvalue weighted by Gasteiger charge is -2.29. The number of nitrogens with one attached hydrogen (secondary N) is 1. The largest absolute Gasteiger partial charge is 0.374 e. The van der Waals surface area contributed by atoms with E-state index in [9.17, 15) is 4.79 Å². The first-order valence-corrected chi connectivity index (χ1v) is 8.60. The van der Waals surface area contributed by atoms with Crippen LogP contribution in [0.2, 0.25) is 0 Å². The van der Waals surface area contributed by atoms with Crippen molar-refractivity contribution in [2.75, 3.05) is 26.2 Å². The number of nitrogens with zero attached hydrogens (tertiary/aromatic N) is 1. The fourth-order valence-corrected chi connectivity index (χ4v) is 3.34. The van der Waals surface area contributed by atoms with Gasteiger partial charge in [-0.2, -0.15) is 0 Å². The van der Waals surface area contributed by atoms with Crippen LogP contribution in [0.15, 0.2) is 0 Å². The zero-order valence-electron chi connectivity index (χ0n) is 14.0. The van der Waals surface area contributed by atoms with Crippen LogP contribution < -0.4 is 5.32 Å². The third-order valence-corrected chi connectivity index (χ3v) is 4.56. The van der Waals surface area contributed by atoms with E-state index in [-0.39, 0.29) is 5.60 Å². The van der Waals surface area contributed by atoms with Crippen LogP contribution in [0.25, 0.3) is 0 Å². The first kappa shape index (κ1) is 16.8. The Labute approximate surface area is 129 Å². The SMILES string of the molecule is CC(C)(C)OC[C@@H]1CCCN1C(=O)CC1CCCNCC1. The minimum Gasteiger partial charge on any atom is -0.374 e. The molecule has 0 aromatic rings. The van der Waals surface area contributed by atoms with Crippen LogP contribution in [0.1, 0.15) is 59.3 Å². The molecule has 2 atom stereocenters. The highest BCUT2D eigenvalue weighted by Crippen LogP contribution is 2.24. The Morgan fingerprint density at radius 3 is 2.76 bits per heavy atom. The highest BCUT2D eigenvalue weighted by molar-refractivity contribution is 5.77. The van der Waals surface area contributed by atoms with E-state index in [0.717, 1.165) is 45.3 Å². The van der Waals surface area contributed by atoms with Gasteiger partial charge in [-0.05, 0) is 71.9 Å². The summed E-state index contributed by atoms with van der Waals surface area (Å²) in [7, 11) is 0. The molecule has 0 aromatic heterocycles. The van der Waals surface area contributed by atoms with Gasteiger partial charge < -0.3 is 15.0 Å². The fraction of sp³-hybridized carbons (Fsp3) is 0.941. The molecule has 4 heteroatoms. The predicted octanol–water partition coefficient (Wildman–Crippen LogP) is 2.57. The van der Waals surface area contributed by atoms with Crippen LogP contribution in [0.5, 0.6) is 0 Å². The van der Waals surface area contributed by atoms with Gasteiger partial charge in [0.2, 0.25) is 5.91 Å². The Bertz CT molecular complexity index is 330. The third kappa shape index (κ3) is 5.59. The second-order valence-electron chi connectivity index (χ2n) is 7.56. The molecule has 2 saturated heterocycles. The summed E-state index contributed by atoms with van der Waals surface area (Å²) in [4.78, 5) is 14.7. The van der Waals surface area contributed by atoms with Crippen LogP contribution in [0.4, 0.5) is 0 Å². The summed E-state index contributed by atoms with van der Waals surface area (Å²) in [5, 5.41) is 3.42. The van der Waals surface area contributed by atoms with Gasteiger partial charge in [-0.1, -0.05) is 0 Å². The molecule has 1 unspecified atom stereocenters. The van der Waals surface area contributed by atoms with E-state index < -0.39 is 0 Å². The van der Waals surface area contributed by atoms with Crippen molar-refractivity contribution in [2.24, 2.45) is 5.92 Å². The van der Waals surface area contributed by atoms with Crippen molar-refractivity contribution in [1.82, 2.24) is 10.2 Å². The van der Waals surface area contributed by atoms with Crippen LogP contribution in [0.3, 0.4) is 0 Å². The lowest BCUT2D eigenvalue weighted by Crippen LogP contribution is -2.40. The number of rotatable bonds is 4. The molecule has 0 aliphatic carbocycles. The van der Waals surface area contributed by atoms with Crippen molar-refractivity contribution >= 4 is 5.91 Å². The van der Waals surface area contributed by atoms with Gasteiger partial charge in [-0.15, -0.1) is 0 Å². The first-order valence-electron chi connectivity index (χ1n) is 8.60. The van der Waals surface area contributed by atoms with Crippen LogP contribution in [0, 0.1) is 5.92 Å². The van der Waals surface area contributed by atoms with E-state index in [1.807, 2.05) is 0 Å².